The van der Waals surface area contributed by atoms with Gasteiger partial charge in [-0.1, -0.05) is 11.6 Å². The fraction of sp³-hybridized carbons (Fsp3) is 0.500. The van der Waals surface area contributed by atoms with E-state index in [4.69, 9.17) is 16.3 Å². The minimum absolute atomic E-state index is 0.650. The van der Waals surface area contributed by atoms with Crippen molar-refractivity contribution in [1.29, 1.82) is 0 Å². The van der Waals surface area contributed by atoms with Crippen molar-refractivity contribution < 1.29 is 4.74 Å². The Balaban J connectivity index is 1.92. The maximum absolute atomic E-state index is 5.76. The summed E-state index contributed by atoms with van der Waals surface area (Å²) in [5, 5.41) is 2.40. The smallest absolute Gasteiger partial charge is 0.0963 e. The molecule has 0 amide bonds. The van der Waals surface area contributed by atoms with Gasteiger partial charge >= 0.3 is 0 Å². The molecule has 2 heterocycles. The molecule has 0 radical (unpaired) electrons. The predicted octanol–water partition coefficient (Wildman–Crippen LogP) is 3.01. The Morgan fingerprint density at radius 2 is 2.14 bits per heavy atom. The van der Waals surface area contributed by atoms with Crippen LogP contribution in [0.4, 0.5) is 0 Å². The SMILES string of the molecule is Clc1ccc(SC2CCOCC2)nc1. The van der Waals surface area contributed by atoms with E-state index in [-0.39, 0.29) is 0 Å². The molecule has 1 fully saturated rings. The lowest BCUT2D eigenvalue weighted by molar-refractivity contribution is 0.1000. The Hall–Kier alpha value is -0.250. The van der Waals surface area contributed by atoms with Crippen LogP contribution in [0.2, 0.25) is 5.02 Å². The molecular weight excluding hydrogens is 218 g/mol. The molecule has 0 aliphatic carbocycles. The molecule has 0 bridgehead atoms. The van der Waals surface area contributed by atoms with Crippen molar-refractivity contribution in [1.82, 2.24) is 4.98 Å². The monoisotopic (exact) mass is 229 g/mol. The van der Waals surface area contributed by atoms with Crippen molar-refractivity contribution in [2.24, 2.45) is 0 Å². The largest absolute Gasteiger partial charge is 0.381 e. The molecule has 1 aromatic heterocycles. The molecule has 0 saturated carbocycles. The van der Waals surface area contributed by atoms with Crippen LogP contribution in [0.15, 0.2) is 23.4 Å². The summed E-state index contributed by atoms with van der Waals surface area (Å²) in [6.07, 6.45) is 3.94. The van der Waals surface area contributed by atoms with Crippen LogP contribution in [0.3, 0.4) is 0 Å². The normalized spacial score (nSPS) is 18.4. The third-order valence-corrected chi connectivity index (χ3v) is 3.67. The van der Waals surface area contributed by atoms with Crippen LogP contribution in [0.5, 0.6) is 0 Å². The first-order chi connectivity index (χ1) is 6.84. The lowest BCUT2D eigenvalue weighted by Crippen LogP contribution is -2.17. The molecule has 0 atom stereocenters. The molecule has 2 rings (SSSR count). The van der Waals surface area contributed by atoms with Crippen LogP contribution < -0.4 is 0 Å². The van der Waals surface area contributed by atoms with E-state index in [1.54, 1.807) is 6.20 Å². The first kappa shape index (κ1) is 10.3. The van der Waals surface area contributed by atoms with E-state index in [0.29, 0.717) is 10.3 Å². The van der Waals surface area contributed by atoms with Crippen LogP contribution in [0, 0.1) is 0 Å². The van der Waals surface area contributed by atoms with Crippen LogP contribution >= 0.6 is 23.4 Å². The molecule has 0 aromatic carbocycles. The van der Waals surface area contributed by atoms with Gasteiger partial charge in [0.05, 0.1) is 10.0 Å². The highest BCUT2D eigenvalue weighted by molar-refractivity contribution is 7.99. The second-order valence-electron chi connectivity index (χ2n) is 3.24. The van der Waals surface area contributed by atoms with E-state index in [1.165, 1.54) is 0 Å². The zero-order valence-electron chi connectivity index (χ0n) is 7.78. The standard InChI is InChI=1S/C10H12ClNOS/c11-8-1-2-10(12-7-8)14-9-3-5-13-6-4-9/h1-2,7,9H,3-6H2. The molecule has 4 heteroatoms. The molecule has 2 nitrogen and oxygen atoms in total. The quantitative estimate of drug-likeness (QED) is 0.779. The van der Waals surface area contributed by atoms with E-state index in [0.717, 1.165) is 31.1 Å². The highest BCUT2D eigenvalue weighted by atomic mass is 35.5. The van der Waals surface area contributed by atoms with Crippen molar-refractivity contribution in [3.8, 4) is 0 Å². The van der Waals surface area contributed by atoms with Gasteiger partial charge in [0.15, 0.2) is 0 Å². The number of thioether (sulfide) groups is 1. The number of pyridine rings is 1. The van der Waals surface area contributed by atoms with Crippen LogP contribution in [0.1, 0.15) is 12.8 Å². The molecule has 0 spiro atoms. The third-order valence-electron chi connectivity index (χ3n) is 2.16. The Morgan fingerprint density at radius 3 is 2.79 bits per heavy atom. The fourth-order valence-electron chi connectivity index (χ4n) is 1.40. The molecule has 0 N–H and O–H groups in total. The summed E-state index contributed by atoms with van der Waals surface area (Å²) >= 11 is 7.59. The lowest BCUT2D eigenvalue weighted by atomic mass is 10.2. The Morgan fingerprint density at radius 1 is 1.36 bits per heavy atom. The van der Waals surface area contributed by atoms with Crippen molar-refractivity contribution >= 4 is 23.4 Å². The number of halogens is 1. The Kier molecular flexibility index (Phi) is 3.67. The Bertz CT molecular complexity index is 285. The Labute approximate surface area is 93.0 Å². The van der Waals surface area contributed by atoms with Crippen molar-refractivity contribution in [2.45, 2.75) is 23.1 Å². The number of rotatable bonds is 2. The minimum Gasteiger partial charge on any atom is -0.381 e. The highest BCUT2D eigenvalue weighted by Crippen LogP contribution is 2.28. The third kappa shape index (κ3) is 2.87. The summed E-state index contributed by atoms with van der Waals surface area (Å²) in [5.41, 5.74) is 0. The van der Waals surface area contributed by atoms with Gasteiger partial charge < -0.3 is 4.74 Å². The first-order valence-corrected chi connectivity index (χ1v) is 5.96. The van der Waals surface area contributed by atoms with Crippen LogP contribution in [-0.4, -0.2) is 23.4 Å². The zero-order chi connectivity index (χ0) is 9.80. The summed E-state index contributed by atoms with van der Waals surface area (Å²) in [7, 11) is 0. The van der Waals surface area contributed by atoms with Gasteiger partial charge in [0.1, 0.15) is 0 Å². The lowest BCUT2D eigenvalue weighted by Gasteiger charge is -2.20. The number of hydrogen-bond donors (Lipinski definition) is 0. The number of aromatic nitrogens is 1. The summed E-state index contributed by atoms with van der Waals surface area (Å²) in [4.78, 5) is 4.26. The molecule has 1 aliphatic rings. The minimum atomic E-state index is 0.650. The summed E-state index contributed by atoms with van der Waals surface area (Å²) in [5.74, 6) is 0. The number of hydrogen-bond acceptors (Lipinski definition) is 3. The fourth-order valence-corrected chi connectivity index (χ4v) is 2.54. The second kappa shape index (κ2) is 5.01. The highest BCUT2D eigenvalue weighted by Gasteiger charge is 2.15. The van der Waals surface area contributed by atoms with Crippen molar-refractivity contribution in [2.75, 3.05) is 13.2 Å². The van der Waals surface area contributed by atoms with Crippen molar-refractivity contribution in [3.63, 3.8) is 0 Å². The van der Waals surface area contributed by atoms with Crippen LogP contribution in [0.25, 0.3) is 0 Å². The number of ether oxygens (including phenoxy) is 1. The molecule has 14 heavy (non-hydrogen) atoms. The maximum atomic E-state index is 5.76. The van der Waals surface area contributed by atoms with Crippen molar-refractivity contribution in [3.05, 3.63) is 23.4 Å². The molecule has 1 aromatic rings. The summed E-state index contributed by atoms with van der Waals surface area (Å²) in [6, 6.07) is 3.86. The van der Waals surface area contributed by atoms with Gasteiger partial charge in [-0.3, -0.25) is 0 Å². The molecule has 0 unspecified atom stereocenters. The van der Waals surface area contributed by atoms with E-state index >= 15 is 0 Å². The van der Waals surface area contributed by atoms with Gasteiger partial charge in [-0.25, -0.2) is 4.98 Å². The summed E-state index contributed by atoms with van der Waals surface area (Å²) in [6.45, 7) is 1.76. The maximum Gasteiger partial charge on any atom is 0.0963 e. The molecule has 76 valence electrons. The van der Waals surface area contributed by atoms with E-state index in [9.17, 15) is 0 Å². The van der Waals surface area contributed by atoms with Gasteiger partial charge in [-0.05, 0) is 25.0 Å². The second-order valence-corrected chi connectivity index (χ2v) is 5.00. The van der Waals surface area contributed by atoms with E-state index < -0.39 is 0 Å². The summed E-state index contributed by atoms with van der Waals surface area (Å²) < 4.78 is 5.30. The van der Waals surface area contributed by atoms with Gasteiger partial charge in [0, 0.05) is 24.7 Å². The van der Waals surface area contributed by atoms with Gasteiger partial charge in [-0.2, -0.15) is 0 Å². The topological polar surface area (TPSA) is 22.1 Å². The molecule has 1 aliphatic heterocycles. The van der Waals surface area contributed by atoms with E-state index in [2.05, 4.69) is 4.98 Å². The first-order valence-electron chi connectivity index (χ1n) is 4.70. The van der Waals surface area contributed by atoms with Gasteiger partial charge in [-0.15, -0.1) is 11.8 Å². The van der Waals surface area contributed by atoms with Gasteiger partial charge in [0.25, 0.3) is 0 Å². The van der Waals surface area contributed by atoms with Crippen LogP contribution in [-0.2, 0) is 4.74 Å². The average Bonchev–Trinajstić information content (AvgIpc) is 2.23. The molecular formula is C10H12ClNOS. The average molecular weight is 230 g/mol. The van der Waals surface area contributed by atoms with E-state index in [1.807, 2.05) is 23.9 Å². The zero-order valence-corrected chi connectivity index (χ0v) is 9.35. The van der Waals surface area contributed by atoms with Gasteiger partial charge in [0.2, 0.25) is 0 Å². The number of nitrogens with zero attached hydrogens (tertiary/aromatic N) is 1. The molecule has 1 saturated heterocycles. The predicted molar refractivity (Wildman–Crippen MR) is 58.9 cm³/mol.